The molecule has 0 unspecified atom stereocenters. The van der Waals surface area contributed by atoms with E-state index in [1.807, 2.05) is 17.5 Å². The number of carboxylic acids is 1. The zero-order valence-electron chi connectivity index (χ0n) is 15.3. The molecule has 4 rings (SSSR count). The van der Waals surface area contributed by atoms with Gasteiger partial charge in [-0.3, -0.25) is 14.0 Å². The summed E-state index contributed by atoms with van der Waals surface area (Å²) in [6.07, 6.45) is 1.76. The summed E-state index contributed by atoms with van der Waals surface area (Å²) in [7, 11) is 0. The lowest BCUT2D eigenvalue weighted by Gasteiger charge is -2.05. The van der Waals surface area contributed by atoms with Gasteiger partial charge in [0.1, 0.15) is 10.7 Å². The Morgan fingerprint density at radius 1 is 1.14 bits per heavy atom. The number of hydrogen-bond donors (Lipinski definition) is 2. The van der Waals surface area contributed by atoms with E-state index in [0.717, 1.165) is 11.3 Å². The monoisotopic (exact) mass is 409 g/mol. The second-order valence-electron chi connectivity index (χ2n) is 6.52. The number of carbonyl (C=O) groups is 2. The van der Waals surface area contributed by atoms with Crippen LogP contribution in [0.4, 0.5) is 10.1 Å². The molecule has 0 bridgehead atoms. The summed E-state index contributed by atoms with van der Waals surface area (Å²) in [5, 5.41) is 11.6. The zero-order valence-corrected chi connectivity index (χ0v) is 16.2. The molecule has 0 aliphatic heterocycles. The fraction of sp³-hybridized carbons (Fsp3) is 0.0952. The lowest BCUT2D eigenvalue weighted by molar-refractivity contribution is -0.136. The third kappa shape index (κ3) is 3.88. The molecule has 2 heterocycles. The molecule has 0 atom stereocenters. The van der Waals surface area contributed by atoms with Crippen LogP contribution in [0.25, 0.3) is 16.2 Å². The van der Waals surface area contributed by atoms with E-state index in [9.17, 15) is 14.0 Å². The molecular formula is C21H16FN3O3S. The molecule has 8 heteroatoms. The number of imidazole rings is 1. The van der Waals surface area contributed by atoms with Crippen molar-refractivity contribution in [3.8, 4) is 11.3 Å². The maximum Gasteiger partial charge on any atom is 0.307 e. The summed E-state index contributed by atoms with van der Waals surface area (Å²) in [5.41, 5.74) is 3.51. The van der Waals surface area contributed by atoms with Crippen molar-refractivity contribution in [1.29, 1.82) is 0 Å². The first-order chi connectivity index (χ1) is 13.9. The normalized spacial score (nSPS) is 11.0. The van der Waals surface area contributed by atoms with Crippen molar-refractivity contribution in [1.82, 2.24) is 9.38 Å². The number of aryl methyl sites for hydroxylation is 1. The average molecular weight is 409 g/mol. The van der Waals surface area contributed by atoms with Gasteiger partial charge in [-0.2, -0.15) is 0 Å². The van der Waals surface area contributed by atoms with E-state index in [2.05, 4.69) is 10.3 Å². The summed E-state index contributed by atoms with van der Waals surface area (Å²) in [6, 6.07) is 12.8. The zero-order chi connectivity index (χ0) is 20.5. The highest BCUT2D eigenvalue weighted by Gasteiger charge is 2.18. The molecule has 6 nitrogen and oxygen atoms in total. The summed E-state index contributed by atoms with van der Waals surface area (Å²) in [5.74, 6) is -1.47. The molecule has 1 amide bonds. The van der Waals surface area contributed by atoms with E-state index in [1.54, 1.807) is 36.4 Å². The Balaban J connectivity index is 1.55. The molecule has 0 fully saturated rings. The highest BCUT2D eigenvalue weighted by Crippen LogP contribution is 2.28. The Morgan fingerprint density at radius 3 is 2.45 bits per heavy atom. The number of halogens is 1. The fourth-order valence-corrected chi connectivity index (χ4v) is 3.99. The lowest BCUT2D eigenvalue weighted by Crippen LogP contribution is -2.12. The van der Waals surface area contributed by atoms with Gasteiger partial charge in [-0.25, -0.2) is 9.37 Å². The Morgan fingerprint density at radius 2 is 1.83 bits per heavy atom. The minimum absolute atomic E-state index is 0.0636. The summed E-state index contributed by atoms with van der Waals surface area (Å²) in [6.45, 7) is 1.84. The van der Waals surface area contributed by atoms with Crippen molar-refractivity contribution >= 4 is 33.9 Å². The van der Waals surface area contributed by atoms with E-state index in [0.29, 0.717) is 26.8 Å². The molecule has 2 N–H and O–H groups in total. The van der Waals surface area contributed by atoms with Crippen molar-refractivity contribution in [2.75, 3.05) is 5.32 Å². The first kappa shape index (κ1) is 18.8. The van der Waals surface area contributed by atoms with Gasteiger partial charge in [0.25, 0.3) is 5.91 Å². The Kier molecular flexibility index (Phi) is 4.85. The Hall–Kier alpha value is -3.52. The van der Waals surface area contributed by atoms with Crippen LogP contribution in [0.15, 0.2) is 54.7 Å². The highest BCUT2D eigenvalue weighted by molar-refractivity contribution is 7.19. The number of aliphatic carboxylic acids is 1. The van der Waals surface area contributed by atoms with Crippen LogP contribution in [0.5, 0.6) is 0 Å². The smallest absolute Gasteiger partial charge is 0.307 e. The number of anilines is 1. The van der Waals surface area contributed by atoms with Gasteiger partial charge in [0, 0.05) is 23.1 Å². The summed E-state index contributed by atoms with van der Waals surface area (Å²) in [4.78, 5) is 29.2. The summed E-state index contributed by atoms with van der Waals surface area (Å²) < 4.78 is 15.0. The third-order valence-corrected chi connectivity index (χ3v) is 5.63. The topological polar surface area (TPSA) is 83.7 Å². The van der Waals surface area contributed by atoms with E-state index in [-0.39, 0.29) is 18.1 Å². The summed E-state index contributed by atoms with van der Waals surface area (Å²) >= 11 is 1.27. The van der Waals surface area contributed by atoms with Crippen LogP contribution >= 0.6 is 11.3 Å². The maximum atomic E-state index is 13.1. The number of nitrogens with one attached hydrogen (secondary N) is 1. The van der Waals surface area contributed by atoms with E-state index < -0.39 is 5.97 Å². The molecule has 0 radical (unpaired) electrons. The van der Waals surface area contributed by atoms with Crippen LogP contribution in [0.3, 0.4) is 0 Å². The number of rotatable bonds is 5. The van der Waals surface area contributed by atoms with Gasteiger partial charge in [0.05, 0.1) is 12.1 Å². The van der Waals surface area contributed by atoms with Crippen LogP contribution < -0.4 is 5.32 Å². The molecule has 4 aromatic rings. The molecule has 0 saturated heterocycles. The van der Waals surface area contributed by atoms with E-state index in [4.69, 9.17) is 5.11 Å². The number of amides is 1. The number of carbonyl (C=O) groups excluding carboxylic acids is 1. The van der Waals surface area contributed by atoms with Crippen molar-refractivity contribution < 1.29 is 19.1 Å². The van der Waals surface area contributed by atoms with Crippen molar-refractivity contribution in [3.63, 3.8) is 0 Å². The van der Waals surface area contributed by atoms with Gasteiger partial charge >= 0.3 is 5.97 Å². The number of aromatic nitrogens is 2. The van der Waals surface area contributed by atoms with Gasteiger partial charge in [-0.15, -0.1) is 0 Å². The van der Waals surface area contributed by atoms with Gasteiger partial charge in [0.2, 0.25) is 0 Å². The molecule has 0 aliphatic carbocycles. The van der Waals surface area contributed by atoms with Crippen LogP contribution in [-0.2, 0) is 11.2 Å². The predicted molar refractivity (Wildman–Crippen MR) is 109 cm³/mol. The van der Waals surface area contributed by atoms with Crippen LogP contribution in [0.1, 0.15) is 20.9 Å². The van der Waals surface area contributed by atoms with Gasteiger partial charge in [-0.05, 0) is 48.9 Å². The molecule has 2 aromatic carbocycles. The van der Waals surface area contributed by atoms with Crippen molar-refractivity contribution in [2.24, 2.45) is 0 Å². The van der Waals surface area contributed by atoms with Crippen molar-refractivity contribution in [3.05, 3.63) is 76.7 Å². The SMILES string of the molecule is Cc1c(C(=O)Nc2ccc(CC(=O)O)cc2)sc2nc(-c3ccc(F)cc3)cn12. The number of nitrogens with zero attached hydrogens (tertiary/aromatic N) is 2. The minimum atomic E-state index is -0.903. The maximum absolute atomic E-state index is 13.1. The molecule has 0 aliphatic rings. The molecule has 0 spiro atoms. The van der Waals surface area contributed by atoms with Gasteiger partial charge in [0.15, 0.2) is 4.96 Å². The second kappa shape index (κ2) is 7.48. The number of fused-ring (bicyclic) bond motifs is 1. The number of hydrogen-bond acceptors (Lipinski definition) is 4. The Bertz CT molecular complexity index is 1210. The van der Waals surface area contributed by atoms with E-state index in [1.165, 1.54) is 23.5 Å². The Labute approximate surface area is 169 Å². The lowest BCUT2D eigenvalue weighted by atomic mass is 10.1. The molecule has 146 valence electrons. The average Bonchev–Trinajstić information content (AvgIpc) is 3.23. The fourth-order valence-electron chi connectivity index (χ4n) is 2.99. The third-order valence-electron chi connectivity index (χ3n) is 4.47. The number of thiazole rings is 1. The number of carboxylic acid groups (broad SMARTS) is 1. The van der Waals surface area contributed by atoms with Crippen LogP contribution in [-0.4, -0.2) is 26.4 Å². The van der Waals surface area contributed by atoms with Crippen LogP contribution in [0, 0.1) is 12.7 Å². The van der Waals surface area contributed by atoms with Gasteiger partial charge < -0.3 is 10.4 Å². The largest absolute Gasteiger partial charge is 0.481 e. The molecular weight excluding hydrogens is 393 g/mol. The quantitative estimate of drug-likeness (QED) is 0.512. The van der Waals surface area contributed by atoms with E-state index >= 15 is 0 Å². The second-order valence-corrected chi connectivity index (χ2v) is 7.50. The highest BCUT2D eigenvalue weighted by atomic mass is 32.1. The first-order valence-electron chi connectivity index (χ1n) is 8.77. The number of benzene rings is 2. The molecule has 2 aromatic heterocycles. The minimum Gasteiger partial charge on any atom is -0.481 e. The molecule has 29 heavy (non-hydrogen) atoms. The predicted octanol–water partition coefficient (Wildman–Crippen LogP) is 4.39. The van der Waals surface area contributed by atoms with Crippen molar-refractivity contribution in [2.45, 2.75) is 13.3 Å². The van der Waals surface area contributed by atoms with Gasteiger partial charge in [-0.1, -0.05) is 23.5 Å². The standard InChI is InChI=1S/C21H16FN3O3S/c1-12-19(20(28)23-16-8-2-13(3-9-16)10-18(26)27)29-21-24-17(11-25(12)21)14-4-6-15(22)7-5-14/h2-9,11H,10H2,1H3,(H,23,28)(H,26,27). The molecule has 0 saturated carbocycles. The first-order valence-corrected chi connectivity index (χ1v) is 9.59. The van der Waals surface area contributed by atoms with Crippen LogP contribution in [0.2, 0.25) is 0 Å².